The molecule has 4 heteroatoms. The van der Waals surface area contributed by atoms with Gasteiger partial charge in [-0.1, -0.05) is 72.3 Å². The number of hydrogen-bond donors (Lipinski definition) is 3. The topological polar surface area (TPSA) is 47.9 Å². The van der Waals surface area contributed by atoms with Gasteiger partial charge < -0.3 is 10.6 Å². The Hall–Kier alpha value is -2.88. The fourth-order valence-corrected chi connectivity index (χ4v) is 2.73. The second-order valence-corrected chi connectivity index (χ2v) is 6.65. The Balaban J connectivity index is 1.47. The van der Waals surface area contributed by atoms with E-state index in [4.69, 9.17) is 17.0 Å². The highest BCUT2D eigenvalue weighted by Gasteiger charge is 1.97. The van der Waals surface area contributed by atoms with Crippen molar-refractivity contribution in [1.82, 2.24) is 5.32 Å². The fourth-order valence-electron chi connectivity index (χ4n) is 2.60. The first-order chi connectivity index (χ1) is 13.2. The van der Waals surface area contributed by atoms with Crippen LogP contribution in [0.15, 0.2) is 84.9 Å². The van der Waals surface area contributed by atoms with Gasteiger partial charge in [-0.2, -0.15) is 0 Å². The fraction of sp³-hybridized carbons (Fsp3) is 0.0870. The van der Waals surface area contributed by atoms with E-state index < -0.39 is 0 Å². The molecule has 3 N–H and O–H groups in total. The lowest BCUT2D eigenvalue weighted by molar-refractivity contribution is 0.693. The van der Waals surface area contributed by atoms with Crippen LogP contribution in [-0.2, 0) is 13.1 Å². The summed E-state index contributed by atoms with van der Waals surface area (Å²) in [6.07, 6.45) is 3.67. The van der Waals surface area contributed by atoms with Crippen molar-refractivity contribution in [2.75, 3.05) is 5.32 Å². The molecule has 0 saturated carbocycles. The second-order valence-electron chi connectivity index (χ2n) is 6.21. The minimum atomic E-state index is 0.325. The first-order valence-electron chi connectivity index (χ1n) is 8.82. The van der Waals surface area contributed by atoms with Gasteiger partial charge in [0.1, 0.15) is 5.84 Å². The zero-order chi connectivity index (χ0) is 18.9. The minimum absolute atomic E-state index is 0.325. The van der Waals surface area contributed by atoms with Crippen molar-refractivity contribution in [3.8, 4) is 0 Å². The first-order valence-corrected chi connectivity index (χ1v) is 9.20. The predicted molar refractivity (Wildman–Crippen MR) is 115 cm³/mol. The van der Waals surface area contributed by atoms with E-state index in [0.29, 0.717) is 10.9 Å². The summed E-state index contributed by atoms with van der Waals surface area (Å²) in [7, 11) is 0. The second kappa shape index (κ2) is 9.72. The van der Waals surface area contributed by atoms with Crippen molar-refractivity contribution in [3.63, 3.8) is 0 Å². The average Bonchev–Trinajstić information content (AvgIpc) is 2.70. The molecule has 0 unspecified atom stereocenters. The molecule has 3 aromatic rings. The molecular formula is C23H22ClN3. The standard InChI is InChI=1S/C23H22ClN3/c24-21-11-13-22(14-12-21)27-23(25)15-10-18-6-8-20(9-7-18)17-26-16-19-4-2-1-3-5-19/h1-15,26H,16-17H2,(H2,25,27)/b15-10+. The molecule has 0 saturated heterocycles. The van der Waals surface area contributed by atoms with Gasteiger partial charge in [0.15, 0.2) is 0 Å². The third-order valence-corrected chi connectivity index (χ3v) is 4.30. The van der Waals surface area contributed by atoms with E-state index in [1.54, 1.807) is 18.2 Å². The monoisotopic (exact) mass is 375 g/mol. The summed E-state index contributed by atoms with van der Waals surface area (Å²) in [5.74, 6) is 0.325. The predicted octanol–water partition coefficient (Wildman–Crippen LogP) is 5.73. The molecule has 3 rings (SSSR count). The van der Waals surface area contributed by atoms with Crippen LogP contribution in [0.2, 0.25) is 5.02 Å². The lowest BCUT2D eigenvalue weighted by Crippen LogP contribution is -2.12. The lowest BCUT2D eigenvalue weighted by Gasteiger charge is -2.06. The highest BCUT2D eigenvalue weighted by atomic mass is 35.5. The zero-order valence-corrected chi connectivity index (χ0v) is 15.7. The van der Waals surface area contributed by atoms with E-state index in [0.717, 1.165) is 24.3 Å². The SMILES string of the molecule is N=C(/C=C/c1ccc(CNCc2ccccc2)cc1)Nc1ccc(Cl)cc1. The Morgan fingerprint density at radius 2 is 1.44 bits per heavy atom. The largest absolute Gasteiger partial charge is 0.341 e. The van der Waals surface area contributed by atoms with Crippen LogP contribution >= 0.6 is 11.6 Å². The van der Waals surface area contributed by atoms with Gasteiger partial charge in [-0.05, 0) is 47.0 Å². The molecule has 0 amide bonds. The van der Waals surface area contributed by atoms with Crippen LogP contribution < -0.4 is 10.6 Å². The zero-order valence-electron chi connectivity index (χ0n) is 15.0. The van der Waals surface area contributed by atoms with Crippen LogP contribution in [0, 0.1) is 5.41 Å². The van der Waals surface area contributed by atoms with Gasteiger partial charge in [0, 0.05) is 23.8 Å². The van der Waals surface area contributed by atoms with Crippen LogP contribution in [0.4, 0.5) is 5.69 Å². The summed E-state index contributed by atoms with van der Waals surface area (Å²) < 4.78 is 0. The van der Waals surface area contributed by atoms with Crippen molar-refractivity contribution in [2.24, 2.45) is 0 Å². The van der Waals surface area contributed by atoms with Gasteiger partial charge in [0.2, 0.25) is 0 Å². The van der Waals surface area contributed by atoms with Crippen molar-refractivity contribution >= 4 is 29.2 Å². The van der Waals surface area contributed by atoms with Crippen LogP contribution in [-0.4, -0.2) is 5.84 Å². The minimum Gasteiger partial charge on any atom is -0.341 e. The quantitative estimate of drug-likeness (QED) is 0.364. The molecule has 0 fully saturated rings. The van der Waals surface area contributed by atoms with Crippen molar-refractivity contribution in [3.05, 3.63) is 107 Å². The van der Waals surface area contributed by atoms with Crippen molar-refractivity contribution in [2.45, 2.75) is 13.1 Å². The maximum atomic E-state index is 8.00. The smallest absolute Gasteiger partial charge is 0.122 e. The van der Waals surface area contributed by atoms with Gasteiger partial charge in [-0.3, -0.25) is 5.41 Å². The third-order valence-electron chi connectivity index (χ3n) is 4.05. The summed E-state index contributed by atoms with van der Waals surface area (Å²) in [6, 6.07) is 26.0. The van der Waals surface area contributed by atoms with E-state index in [-0.39, 0.29) is 0 Å². The number of anilines is 1. The molecule has 136 valence electrons. The lowest BCUT2D eigenvalue weighted by atomic mass is 10.1. The van der Waals surface area contributed by atoms with Crippen LogP contribution in [0.3, 0.4) is 0 Å². The maximum Gasteiger partial charge on any atom is 0.122 e. The molecule has 3 nitrogen and oxygen atoms in total. The molecule has 0 aliphatic heterocycles. The summed E-state index contributed by atoms with van der Waals surface area (Å²) >= 11 is 5.87. The Morgan fingerprint density at radius 1 is 0.815 bits per heavy atom. The number of halogens is 1. The molecule has 0 heterocycles. The van der Waals surface area contributed by atoms with Crippen molar-refractivity contribution < 1.29 is 0 Å². The van der Waals surface area contributed by atoms with E-state index in [9.17, 15) is 0 Å². The van der Waals surface area contributed by atoms with E-state index in [2.05, 4.69) is 59.2 Å². The van der Waals surface area contributed by atoms with Gasteiger partial charge in [-0.25, -0.2) is 0 Å². The Bertz CT molecular complexity index is 885. The summed E-state index contributed by atoms with van der Waals surface area (Å²) in [6.45, 7) is 1.68. The van der Waals surface area contributed by atoms with Crippen LogP contribution in [0.1, 0.15) is 16.7 Å². The molecule has 3 aromatic carbocycles. The third kappa shape index (κ3) is 6.41. The molecule has 0 radical (unpaired) electrons. The summed E-state index contributed by atoms with van der Waals surface area (Å²) in [5, 5.41) is 15.2. The van der Waals surface area contributed by atoms with Crippen LogP contribution in [0.25, 0.3) is 6.08 Å². The highest BCUT2D eigenvalue weighted by molar-refractivity contribution is 6.30. The number of rotatable bonds is 7. The Morgan fingerprint density at radius 3 is 2.11 bits per heavy atom. The maximum absolute atomic E-state index is 8.00. The Labute approximate surface area is 165 Å². The number of hydrogen-bond acceptors (Lipinski definition) is 2. The molecule has 0 spiro atoms. The molecule has 0 atom stereocenters. The number of nitrogens with one attached hydrogen (secondary N) is 3. The van der Waals surface area contributed by atoms with E-state index >= 15 is 0 Å². The first kappa shape index (κ1) is 18.9. The van der Waals surface area contributed by atoms with Gasteiger partial charge >= 0.3 is 0 Å². The molecule has 0 aliphatic carbocycles. The molecule has 0 bridgehead atoms. The van der Waals surface area contributed by atoms with Gasteiger partial charge in [0.05, 0.1) is 0 Å². The van der Waals surface area contributed by atoms with Crippen molar-refractivity contribution in [1.29, 1.82) is 5.41 Å². The van der Waals surface area contributed by atoms with Gasteiger partial charge in [-0.15, -0.1) is 0 Å². The Kier molecular flexibility index (Phi) is 6.80. The number of amidine groups is 1. The molecular weight excluding hydrogens is 354 g/mol. The summed E-state index contributed by atoms with van der Waals surface area (Å²) in [4.78, 5) is 0. The normalized spacial score (nSPS) is 10.9. The van der Waals surface area contributed by atoms with Crippen LogP contribution in [0.5, 0.6) is 0 Å². The highest BCUT2D eigenvalue weighted by Crippen LogP contribution is 2.13. The van der Waals surface area contributed by atoms with Gasteiger partial charge in [0.25, 0.3) is 0 Å². The molecule has 0 aromatic heterocycles. The molecule has 0 aliphatic rings. The molecule has 27 heavy (non-hydrogen) atoms. The number of benzene rings is 3. The average molecular weight is 376 g/mol. The summed E-state index contributed by atoms with van der Waals surface area (Å²) in [5.41, 5.74) is 4.42. The van der Waals surface area contributed by atoms with E-state index in [1.807, 2.05) is 24.3 Å². The van der Waals surface area contributed by atoms with E-state index in [1.165, 1.54) is 11.1 Å².